The van der Waals surface area contributed by atoms with Crippen LogP contribution in [-0.4, -0.2) is 54.4 Å². The van der Waals surface area contributed by atoms with Gasteiger partial charge in [0.2, 0.25) is 0 Å². The average molecular weight is 230 g/mol. The molecule has 0 saturated carbocycles. The first-order chi connectivity index (χ1) is 7.69. The van der Waals surface area contributed by atoms with Crippen molar-refractivity contribution < 1.29 is 14.6 Å². The number of rotatable bonds is 6. The van der Waals surface area contributed by atoms with Gasteiger partial charge in [-0.05, 0) is 25.8 Å². The van der Waals surface area contributed by atoms with Gasteiger partial charge in [-0.3, -0.25) is 9.69 Å². The second-order valence-corrected chi connectivity index (χ2v) is 4.22. The van der Waals surface area contributed by atoms with Gasteiger partial charge in [0.15, 0.2) is 0 Å². The maximum Gasteiger partial charge on any atom is 0.322 e. The minimum absolute atomic E-state index is 0.163. The van der Waals surface area contributed by atoms with E-state index >= 15 is 0 Å². The molecule has 1 aliphatic heterocycles. The highest BCUT2D eigenvalue weighted by molar-refractivity contribution is 5.73. The molecule has 0 aliphatic carbocycles. The van der Waals surface area contributed by atoms with Gasteiger partial charge in [0.1, 0.15) is 6.04 Å². The Hall–Kier alpha value is -0.650. The van der Waals surface area contributed by atoms with Crippen molar-refractivity contribution in [1.82, 2.24) is 4.90 Å². The predicted molar refractivity (Wildman–Crippen MR) is 61.3 cm³/mol. The zero-order valence-electron chi connectivity index (χ0n) is 9.89. The van der Waals surface area contributed by atoms with Crippen LogP contribution in [0.1, 0.15) is 26.2 Å². The molecule has 1 aliphatic rings. The van der Waals surface area contributed by atoms with Crippen LogP contribution >= 0.6 is 0 Å². The second-order valence-electron chi connectivity index (χ2n) is 4.22. The SMILES string of the molecule is CCCOC1CCCN(C(CN)C(=O)O)C1. The maximum atomic E-state index is 11.0. The lowest BCUT2D eigenvalue weighted by molar-refractivity contribution is -0.144. The van der Waals surface area contributed by atoms with E-state index in [9.17, 15) is 4.79 Å². The molecule has 5 heteroatoms. The Labute approximate surface area is 96.6 Å². The van der Waals surface area contributed by atoms with Crippen LogP contribution < -0.4 is 5.73 Å². The Kier molecular flexibility index (Phi) is 5.73. The zero-order chi connectivity index (χ0) is 12.0. The summed E-state index contributed by atoms with van der Waals surface area (Å²) in [6, 6.07) is -0.562. The molecule has 0 spiro atoms. The Balaban J connectivity index is 2.45. The van der Waals surface area contributed by atoms with E-state index in [4.69, 9.17) is 15.6 Å². The summed E-state index contributed by atoms with van der Waals surface area (Å²) in [5.74, 6) is -0.835. The molecule has 1 heterocycles. The van der Waals surface area contributed by atoms with Crippen molar-refractivity contribution >= 4 is 5.97 Å². The topological polar surface area (TPSA) is 75.8 Å². The van der Waals surface area contributed by atoms with Crippen molar-refractivity contribution in [1.29, 1.82) is 0 Å². The zero-order valence-corrected chi connectivity index (χ0v) is 9.89. The van der Waals surface area contributed by atoms with Gasteiger partial charge in [0.25, 0.3) is 0 Å². The van der Waals surface area contributed by atoms with E-state index in [1.54, 1.807) is 0 Å². The molecule has 94 valence electrons. The third-order valence-corrected chi connectivity index (χ3v) is 2.92. The molecular formula is C11H22N2O3. The van der Waals surface area contributed by atoms with Crippen molar-refractivity contribution in [3.63, 3.8) is 0 Å². The fourth-order valence-corrected chi connectivity index (χ4v) is 2.08. The smallest absolute Gasteiger partial charge is 0.322 e. The first kappa shape index (κ1) is 13.4. The first-order valence-electron chi connectivity index (χ1n) is 5.97. The number of aliphatic carboxylic acids is 1. The number of ether oxygens (including phenoxy) is 1. The molecule has 0 aromatic heterocycles. The van der Waals surface area contributed by atoms with Crippen molar-refractivity contribution in [2.75, 3.05) is 26.2 Å². The largest absolute Gasteiger partial charge is 0.480 e. The number of nitrogens with two attached hydrogens (primary N) is 1. The van der Waals surface area contributed by atoms with Crippen LogP contribution in [-0.2, 0) is 9.53 Å². The number of carboxylic acid groups (broad SMARTS) is 1. The lowest BCUT2D eigenvalue weighted by Gasteiger charge is -2.35. The van der Waals surface area contributed by atoms with Crippen LogP contribution in [0.3, 0.4) is 0 Å². The number of nitrogens with zero attached hydrogens (tertiary/aromatic N) is 1. The Morgan fingerprint density at radius 1 is 1.69 bits per heavy atom. The molecule has 0 aromatic rings. The monoisotopic (exact) mass is 230 g/mol. The van der Waals surface area contributed by atoms with Gasteiger partial charge in [-0.25, -0.2) is 0 Å². The van der Waals surface area contributed by atoms with Crippen molar-refractivity contribution in [3.8, 4) is 0 Å². The van der Waals surface area contributed by atoms with Crippen LogP contribution in [0, 0.1) is 0 Å². The van der Waals surface area contributed by atoms with Gasteiger partial charge >= 0.3 is 5.97 Å². The quantitative estimate of drug-likeness (QED) is 0.686. The van der Waals surface area contributed by atoms with Crippen LogP contribution in [0.25, 0.3) is 0 Å². The molecule has 0 radical (unpaired) electrons. The predicted octanol–water partition coefficient (Wildman–Crippen LogP) is 0.289. The van der Waals surface area contributed by atoms with Crippen LogP contribution in [0.4, 0.5) is 0 Å². The summed E-state index contributed by atoms with van der Waals surface area (Å²) in [6.07, 6.45) is 3.17. The maximum absolute atomic E-state index is 11.0. The highest BCUT2D eigenvalue weighted by Crippen LogP contribution is 2.15. The molecule has 0 aromatic carbocycles. The van der Waals surface area contributed by atoms with Gasteiger partial charge < -0.3 is 15.6 Å². The molecule has 16 heavy (non-hydrogen) atoms. The van der Waals surface area contributed by atoms with Crippen LogP contribution in [0.5, 0.6) is 0 Å². The van der Waals surface area contributed by atoms with E-state index in [-0.39, 0.29) is 12.6 Å². The molecule has 1 saturated heterocycles. The number of hydrogen-bond acceptors (Lipinski definition) is 4. The Morgan fingerprint density at radius 2 is 2.44 bits per heavy atom. The Morgan fingerprint density at radius 3 is 3.00 bits per heavy atom. The normalized spacial score (nSPS) is 24.2. The van der Waals surface area contributed by atoms with Gasteiger partial charge in [-0.2, -0.15) is 0 Å². The molecule has 3 N–H and O–H groups in total. The highest BCUT2D eigenvalue weighted by atomic mass is 16.5. The van der Waals surface area contributed by atoms with Crippen molar-refractivity contribution in [2.24, 2.45) is 5.73 Å². The first-order valence-corrected chi connectivity index (χ1v) is 5.97. The average Bonchev–Trinajstić information content (AvgIpc) is 2.27. The molecule has 2 atom stereocenters. The summed E-state index contributed by atoms with van der Waals surface area (Å²) in [5, 5.41) is 9.03. The van der Waals surface area contributed by atoms with Crippen molar-refractivity contribution in [3.05, 3.63) is 0 Å². The summed E-state index contributed by atoms with van der Waals surface area (Å²) in [5.41, 5.74) is 5.49. The van der Waals surface area contributed by atoms with E-state index in [0.717, 1.165) is 32.4 Å². The molecular weight excluding hydrogens is 208 g/mol. The standard InChI is InChI=1S/C11H22N2O3/c1-2-6-16-9-4-3-5-13(8-9)10(7-12)11(14)15/h9-10H,2-8,12H2,1H3,(H,14,15). The van der Waals surface area contributed by atoms with Gasteiger partial charge in [0, 0.05) is 19.7 Å². The van der Waals surface area contributed by atoms with E-state index in [1.165, 1.54) is 0 Å². The van der Waals surface area contributed by atoms with Gasteiger partial charge in [-0.1, -0.05) is 6.92 Å². The molecule has 1 rings (SSSR count). The van der Waals surface area contributed by atoms with E-state index in [2.05, 4.69) is 6.92 Å². The summed E-state index contributed by atoms with van der Waals surface area (Å²) in [4.78, 5) is 12.9. The van der Waals surface area contributed by atoms with Crippen LogP contribution in [0.15, 0.2) is 0 Å². The number of hydrogen-bond donors (Lipinski definition) is 2. The lowest BCUT2D eigenvalue weighted by atomic mass is 10.1. The van der Waals surface area contributed by atoms with Gasteiger partial charge in [-0.15, -0.1) is 0 Å². The summed E-state index contributed by atoms with van der Waals surface area (Å²) >= 11 is 0. The van der Waals surface area contributed by atoms with Crippen LogP contribution in [0.2, 0.25) is 0 Å². The van der Waals surface area contributed by atoms with Crippen molar-refractivity contribution in [2.45, 2.75) is 38.3 Å². The minimum Gasteiger partial charge on any atom is -0.480 e. The lowest BCUT2D eigenvalue weighted by Crippen LogP contribution is -2.52. The fraction of sp³-hybridized carbons (Fsp3) is 0.909. The minimum atomic E-state index is -0.835. The number of piperidine rings is 1. The summed E-state index contributed by atoms with van der Waals surface area (Å²) in [7, 11) is 0. The second kappa shape index (κ2) is 6.83. The molecule has 2 unspecified atom stereocenters. The summed E-state index contributed by atoms with van der Waals surface area (Å²) in [6.45, 7) is 4.48. The third kappa shape index (κ3) is 3.73. The summed E-state index contributed by atoms with van der Waals surface area (Å²) < 4.78 is 5.66. The van der Waals surface area contributed by atoms with E-state index in [0.29, 0.717) is 6.54 Å². The van der Waals surface area contributed by atoms with E-state index in [1.807, 2.05) is 4.90 Å². The van der Waals surface area contributed by atoms with Gasteiger partial charge in [0.05, 0.1) is 6.10 Å². The number of carboxylic acids is 1. The third-order valence-electron chi connectivity index (χ3n) is 2.92. The fourth-order valence-electron chi connectivity index (χ4n) is 2.08. The highest BCUT2D eigenvalue weighted by Gasteiger charge is 2.29. The molecule has 0 amide bonds. The Bertz CT molecular complexity index is 223. The molecule has 5 nitrogen and oxygen atoms in total. The molecule has 1 fully saturated rings. The number of carbonyl (C=O) groups is 1. The number of likely N-dealkylation sites (tertiary alicyclic amines) is 1. The molecule has 0 bridgehead atoms. The van der Waals surface area contributed by atoms with E-state index < -0.39 is 12.0 Å².